The van der Waals surface area contributed by atoms with Gasteiger partial charge in [0, 0.05) is 6.54 Å². The quantitative estimate of drug-likeness (QED) is 0.687. The van der Waals surface area contributed by atoms with Gasteiger partial charge in [-0.1, -0.05) is 11.6 Å². The minimum Gasteiger partial charge on any atom is -0.389 e. The summed E-state index contributed by atoms with van der Waals surface area (Å²) in [5.74, 6) is -2.06. The second-order valence-corrected chi connectivity index (χ2v) is 3.41. The lowest BCUT2D eigenvalue weighted by molar-refractivity contribution is 0.0199. The zero-order chi connectivity index (χ0) is 11.6. The predicted molar refractivity (Wildman–Crippen MR) is 51.4 cm³/mol. The van der Waals surface area contributed by atoms with E-state index >= 15 is 0 Å². The normalized spacial score (nSPS) is 15.1. The molecule has 0 saturated carbocycles. The lowest BCUT2D eigenvalue weighted by Crippen LogP contribution is -2.28. The highest BCUT2D eigenvalue weighted by Crippen LogP contribution is 2.27. The van der Waals surface area contributed by atoms with Gasteiger partial charge in [-0.05, 0) is 12.1 Å². The van der Waals surface area contributed by atoms with E-state index in [1.165, 1.54) is 0 Å². The van der Waals surface area contributed by atoms with Crippen molar-refractivity contribution in [2.24, 2.45) is 5.73 Å². The summed E-state index contributed by atoms with van der Waals surface area (Å²) in [5.41, 5.74) is 4.39. The molecule has 1 aromatic rings. The molecule has 0 saturated heterocycles. The molecular weight excluding hydrogens is 228 g/mol. The van der Waals surface area contributed by atoms with Crippen molar-refractivity contribution in [3.05, 3.63) is 34.4 Å². The first-order valence-electron chi connectivity index (χ1n) is 4.18. The number of benzene rings is 1. The zero-order valence-corrected chi connectivity index (χ0v) is 8.38. The molecule has 2 atom stereocenters. The van der Waals surface area contributed by atoms with Gasteiger partial charge in [-0.3, -0.25) is 0 Å². The van der Waals surface area contributed by atoms with Crippen LogP contribution in [0.15, 0.2) is 12.1 Å². The Kier molecular flexibility index (Phi) is 3.98. The topological polar surface area (TPSA) is 66.5 Å². The third-order valence-electron chi connectivity index (χ3n) is 1.98. The lowest BCUT2D eigenvalue weighted by atomic mass is 10.0. The van der Waals surface area contributed by atoms with Gasteiger partial charge < -0.3 is 15.9 Å². The lowest BCUT2D eigenvalue weighted by Gasteiger charge is -2.17. The second kappa shape index (κ2) is 4.85. The van der Waals surface area contributed by atoms with Gasteiger partial charge >= 0.3 is 0 Å². The maximum absolute atomic E-state index is 13.3. The number of rotatable bonds is 3. The Bertz CT molecular complexity index is 362. The first kappa shape index (κ1) is 12.3. The van der Waals surface area contributed by atoms with Gasteiger partial charge in [0.2, 0.25) is 0 Å². The monoisotopic (exact) mass is 237 g/mol. The number of aliphatic hydroxyl groups excluding tert-OH is 2. The van der Waals surface area contributed by atoms with Crippen LogP contribution in [0, 0.1) is 11.6 Å². The SMILES string of the molecule is NCC(O)C(O)c1c(F)ccc(Cl)c1F. The van der Waals surface area contributed by atoms with Gasteiger partial charge in [0.1, 0.15) is 11.9 Å². The molecule has 0 fully saturated rings. The Labute approximate surface area is 90.1 Å². The van der Waals surface area contributed by atoms with Gasteiger partial charge in [-0.15, -0.1) is 0 Å². The van der Waals surface area contributed by atoms with Crippen molar-refractivity contribution in [1.29, 1.82) is 0 Å². The molecule has 1 rings (SSSR count). The summed E-state index contributed by atoms with van der Waals surface area (Å²) < 4.78 is 26.5. The first-order chi connectivity index (χ1) is 6.99. The van der Waals surface area contributed by atoms with Crippen molar-refractivity contribution in [1.82, 2.24) is 0 Å². The molecule has 0 bridgehead atoms. The number of nitrogens with two attached hydrogens (primary N) is 1. The standard InChI is InChI=1S/C9H10ClF2NO2/c10-4-1-2-5(11)7(8(4)12)9(15)6(14)3-13/h1-2,6,9,14-15H,3,13H2. The molecule has 0 aliphatic rings. The smallest absolute Gasteiger partial charge is 0.150 e. The van der Waals surface area contributed by atoms with Gasteiger partial charge in [0.15, 0.2) is 5.82 Å². The minimum absolute atomic E-state index is 0.313. The van der Waals surface area contributed by atoms with E-state index < -0.39 is 29.4 Å². The fourth-order valence-corrected chi connectivity index (χ4v) is 1.30. The Morgan fingerprint density at radius 1 is 1.33 bits per heavy atom. The molecule has 3 nitrogen and oxygen atoms in total. The highest BCUT2D eigenvalue weighted by atomic mass is 35.5. The Hall–Kier alpha value is -0.750. The van der Waals surface area contributed by atoms with E-state index in [2.05, 4.69) is 0 Å². The Morgan fingerprint density at radius 2 is 1.93 bits per heavy atom. The van der Waals surface area contributed by atoms with E-state index in [4.69, 9.17) is 22.4 Å². The van der Waals surface area contributed by atoms with E-state index in [-0.39, 0.29) is 11.6 Å². The summed E-state index contributed by atoms with van der Waals surface area (Å²) in [6, 6.07) is 1.93. The van der Waals surface area contributed by atoms with Crippen LogP contribution in [0.1, 0.15) is 11.7 Å². The summed E-state index contributed by atoms with van der Waals surface area (Å²) in [4.78, 5) is 0. The molecule has 4 N–H and O–H groups in total. The van der Waals surface area contributed by atoms with Crippen LogP contribution in [-0.4, -0.2) is 22.9 Å². The highest BCUT2D eigenvalue weighted by molar-refractivity contribution is 6.30. The zero-order valence-electron chi connectivity index (χ0n) is 7.62. The molecule has 0 aliphatic heterocycles. The molecule has 0 aliphatic carbocycles. The van der Waals surface area contributed by atoms with Crippen LogP contribution >= 0.6 is 11.6 Å². The van der Waals surface area contributed by atoms with Crippen LogP contribution in [0.4, 0.5) is 8.78 Å². The maximum atomic E-state index is 13.3. The fraction of sp³-hybridized carbons (Fsp3) is 0.333. The molecule has 1 aromatic carbocycles. The van der Waals surface area contributed by atoms with Crippen molar-refractivity contribution in [2.75, 3.05) is 6.54 Å². The van der Waals surface area contributed by atoms with Gasteiger partial charge in [0.05, 0.1) is 16.7 Å². The molecule has 84 valence electrons. The van der Waals surface area contributed by atoms with Crippen molar-refractivity contribution in [2.45, 2.75) is 12.2 Å². The summed E-state index contributed by atoms with van der Waals surface area (Å²) in [5, 5.41) is 18.3. The van der Waals surface area contributed by atoms with E-state index in [9.17, 15) is 13.9 Å². The van der Waals surface area contributed by atoms with Crippen LogP contribution in [0.25, 0.3) is 0 Å². The molecule has 2 unspecified atom stereocenters. The van der Waals surface area contributed by atoms with Gasteiger partial charge in [0.25, 0.3) is 0 Å². The average molecular weight is 238 g/mol. The van der Waals surface area contributed by atoms with Crippen LogP contribution in [-0.2, 0) is 0 Å². The van der Waals surface area contributed by atoms with E-state index in [1.807, 2.05) is 0 Å². The van der Waals surface area contributed by atoms with E-state index in [0.29, 0.717) is 0 Å². The molecular formula is C9H10ClF2NO2. The molecule has 6 heteroatoms. The van der Waals surface area contributed by atoms with Crippen molar-refractivity contribution >= 4 is 11.6 Å². The largest absolute Gasteiger partial charge is 0.389 e. The molecule has 0 radical (unpaired) electrons. The van der Waals surface area contributed by atoms with Crippen molar-refractivity contribution < 1.29 is 19.0 Å². The second-order valence-electron chi connectivity index (χ2n) is 3.00. The summed E-state index contributed by atoms with van der Waals surface area (Å²) in [7, 11) is 0. The van der Waals surface area contributed by atoms with Crippen LogP contribution in [0.2, 0.25) is 5.02 Å². The summed E-state index contributed by atoms with van der Waals surface area (Å²) in [6.45, 7) is -0.313. The van der Waals surface area contributed by atoms with E-state index in [1.54, 1.807) is 0 Å². The summed E-state index contributed by atoms with van der Waals surface area (Å²) in [6.07, 6.45) is -3.17. The molecule has 0 aromatic heterocycles. The fourth-order valence-electron chi connectivity index (χ4n) is 1.14. The molecule has 0 spiro atoms. The molecule has 15 heavy (non-hydrogen) atoms. The third-order valence-corrected chi connectivity index (χ3v) is 2.27. The number of hydrogen-bond acceptors (Lipinski definition) is 3. The molecule has 0 amide bonds. The third kappa shape index (κ3) is 2.43. The first-order valence-corrected chi connectivity index (χ1v) is 4.56. The highest BCUT2D eigenvalue weighted by Gasteiger charge is 2.25. The predicted octanol–water partition coefficient (Wildman–Crippen LogP) is 0.971. The van der Waals surface area contributed by atoms with Crippen LogP contribution in [0.5, 0.6) is 0 Å². The average Bonchev–Trinajstić information content (AvgIpc) is 2.22. The minimum atomic E-state index is -1.73. The van der Waals surface area contributed by atoms with E-state index in [0.717, 1.165) is 12.1 Å². The Balaban J connectivity index is 3.18. The number of hydrogen-bond donors (Lipinski definition) is 3. The Morgan fingerprint density at radius 3 is 2.47 bits per heavy atom. The van der Waals surface area contributed by atoms with Crippen LogP contribution in [0.3, 0.4) is 0 Å². The van der Waals surface area contributed by atoms with Gasteiger partial charge in [-0.2, -0.15) is 0 Å². The van der Waals surface area contributed by atoms with Crippen LogP contribution < -0.4 is 5.73 Å². The number of aliphatic hydroxyl groups is 2. The number of halogens is 3. The maximum Gasteiger partial charge on any atom is 0.150 e. The van der Waals surface area contributed by atoms with Crippen molar-refractivity contribution in [3.8, 4) is 0 Å². The molecule has 0 heterocycles. The van der Waals surface area contributed by atoms with Crippen molar-refractivity contribution in [3.63, 3.8) is 0 Å². The summed E-state index contributed by atoms with van der Waals surface area (Å²) >= 11 is 5.41. The van der Waals surface area contributed by atoms with Gasteiger partial charge in [-0.25, -0.2) is 8.78 Å².